The topological polar surface area (TPSA) is 112 Å². The van der Waals surface area contributed by atoms with E-state index < -0.39 is 12.0 Å². The molecule has 11 heteroatoms. The van der Waals surface area contributed by atoms with E-state index in [2.05, 4.69) is 27.0 Å². The van der Waals surface area contributed by atoms with Crippen LogP contribution in [-0.2, 0) is 16.1 Å². The Hall–Kier alpha value is -4.66. The third-order valence-electron chi connectivity index (χ3n) is 7.02. The van der Waals surface area contributed by atoms with E-state index in [0.717, 1.165) is 11.1 Å². The van der Waals surface area contributed by atoms with E-state index in [1.807, 2.05) is 42.5 Å². The largest absolute Gasteiger partial charge is 0.493 e. The minimum Gasteiger partial charge on any atom is -0.493 e. The second kappa shape index (κ2) is 13.3. The number of nitriles is 1. The molecule has 0 aliphatic carbocycles. The zero-order chi connectivity index (χ0) is 31.4. The van der Waals surface area contributed by atoms with Gasteiger partial charge < -0.3 is 18.9 Å². The highest BCUT2D eigenvalue weighted by atomic mass is 79.9. The summed E-state index contributed by atoms with van der Waals surface area (Å²) in [7, 11) is 3.06. The van der Waals surface area contributed by atoms with Gasteiger partial charge >= 0.3 is 5.97 Å². The van der Waals surface area contributed by atoms with Gasteiger partial charge in [0.2, 0.25) is 0 Å². The molecule has 224 valence electrons. The molecule has 0 saturated carbocycles. The summed E-state index contributed by atoms with van der Waals surface area (Å²) in [5.41, 5.74) is 3.19. The number of carbonyl (C=O) groups is 1. The van der Waals surface area contributed by atoms with Gasteiger partial charge in [0, 0.05) is 10.0 Å². The first-order valence-corrected chi connectivity index (χ1v) is 15.2. The quantitative estimate of drug-likeness (QED) is 0.229. The summed E-state index contributed by atoms with van der Waals surface area (Å²) in [5.74, 6) is 1.02. The molecule has 0 amide bonds. The highest BCUT2D eigenvalue weighted by molar-refractivity contribution is 9.10. The summed E-state index contributed by atoms with van der Waals surface area (Å²) in [5, 5.41) is 9.31. The molecule has 9 nitrogen and oxygen atoms in total. The van der Waals surface area contributed by atoms with Gasteiger partial charge in [0.25, 0.3) is 5.56 Å². The lowest BCUT2D eigenvalue weighted by molar-refractivity contribution is -0.139. The van der Waals surface area contributed by atoms with Crippen LogP contribution < -0.4 is 29.1 Å². The number of hydrogen-bond donors (Lipinski definition) is 0. The third kappa shape index (κ3) is 6.04. The molecule has 0 N–H and O–H groups in total. The molecule has 1 aromatic heterocycles. The van der Waals surface area contributed by atoms with Crippen molar-refractivity contribution in [1.82, 2.24) is 4.57 Å². The monoisotopic (exact) mass is 673 g/mol. The smallest absolute Gasteiger partial charge is 0.338 e. The number of ether oxygens (including phenoxy) is 4. The van der Waals surface area contributed by atoms with Crippen LogP contribution in [0.4, 0.5) is 0 Å². The van der Waals surface area contributed by atoms with Crippen LogP contribution in [0.2, 0.25) is 0 Å². The molecule has 3 aromatic carbocycles. The fourth-order valence-electron chi connectivity index (χ4n) is 4.89. The lowest BCUT2D eigenvalue weighted by atomic mass is 9.95. The average molecular weight is 675 g/mol. The first-order chi connectivity index (χ1) is 21.3. The van der Waals surface area contributed by atoms with Gasteiger partial charge in [-0.3, -0.25) is 9.36 Å². The Labute approximate surface area is 266 Å². The zero-order valence-electron chi connectivity index (χ0n) is 24.4. The summed E-state index contributed by atoms with van der Waals surface area (Å²) in [6.07, 6.45) is 1.78. The normalized spacial score (nSPS) is 14.4. The van der Waals surface area contributed by atoms with E-state index in [1.54, 1.807) is 38.1 Å². The first kappa shape index (κ1) is 30.8. The minimum atomic E-state index is -0.825. The molecule has 0 fully saturated rings. The van der Waals surface area contributed by atoms with Gasteiger partial charge in [-0.25, -0.2) is 9.79 Å². The van der Waals surface area contributed by atoms with E-state index >= 15 is 0 Å². The van der Waals surface area contributed by atoms with Crippen molar-refractivity contribution in [2.24, 2.45) is 4.99 Å². The number of rotatable bonds is 9. The molecule has 1 aliphatic rings. The van der Waals surface area contributed by atoms with Crippen molar-refractivity contribution in [3.63, 3.8) is 0 Å². The Morgan fingerprint density at radius 2 is 1.82 bits per heavy atom. The Balaban J connectivity index is 1.55. The average Bonchev–Trinajstić information content (AvgIpc) is 3.33. The summed E-state index contributed by atoms with van der Waals surface area (Å²) in [4.78, 5) is 32.3. The van der Waals surface area contributed by atoms with Gasteiger partial charge in [-0.1, -0.05) is 57.6 Å². The number of nitrogens with zero attached hydrogens (tertiary/aromatic N) is 3. The molecule has 4 aromatic rings. The molecule has 0 radical (unpaired) electrons. The Morgan fingerprint density at radius 3 is 2.50 bits per heavy atom. The van der Waals surface area contributed by atoms with Crippen molar-refractivity contribution in [1.29, 1.82) is 5.26 Å². The van der Waals surface area contributed by atoms with Gasteiger partial charge in [0.15, 0.2) is 16.3 Å². The van der Waals surface area contributed by atoms with Crippen molar-refractivity contribution in [2.75, 3.05) is 20.8 Å². The van der Waals surface area contributed by atoms with Crippen LogP contribution in [0.1, 0.15) is 42.1 Å². The van der Waals surface area contributed by atoms with Crippen LogP contribution in [0.3, 0.4) is 0 Å². The standard InChI is InChI=1S/C33H28BrN3O6S/c1-5-42-32(39)29-19(2)36-33-37(30(29)24-15-26(40-3)27(41-4)16-25(24)34)31(38)28(44-33)14-20-10-12-23(13-11-20)43-18-22-9-7-6-8-21(22)17-35/h6-16,30H,5,18H2,1-4H3/b28-14-/t30-/m0/s1. The molecule has 0 saturated heterocycles. The fraction of sp³-hybridized carbons (Fsp3) is 0.212. The number of hydrogen-bond acceptors (Lipinski definition) is 9. The lowest BCUT2D eigenvalue weighted by Gasteiger charge is -2.26. The van der Waals surface area contributed by atoms with E-state index in [9.17, 15) is 14.9 Å². The van der Waals surface area contributed by atoms with E-state index in [-0.39, 0.29) is 24.3 Å². The Kier molecular flexibility index (Phi) is 9.32. The van der Waals surface area contributed by atoms with E-state index in [1.165, 1.54) is 30.1 Å². The number of thiazole rings is 1. The minimum absolute atomic E-state index is 0.171. The molecule has 1 atom stereocenters. The summed E-state index contributed by atoms with van der Waals surface area (Å²) in [6, 6.07) is 19.4. The number of benzene rings is 3. The second-order valence-electron chi connectivity index (χ2n) is 9.66. The van der Waals surface area contributed by atoms with Crippen molar-refractivity contribution in [3.05, 3.63) is 118 Å². The van der Waals surface area contributed by atoms with Gasteiger partial charge in [-0.05, 0) is 61.4 Å². The highest BCUT2D eigenvalue weighted by Crippen LogP contribution is 2.40. The molecule has 0 unspecified atom stereocenters. The molecule has 5 rings (SSSR count). The lowest BCUT2D eigenvalue weighted by Crippen LogP contribution is -2.40. The number of methoxy groups -OCH3 is 2. The fourth-order valence-corrected chi connectivity index (χ4v) is 6.48. The molecule has 44 heavy (non-hydrogen) atoms. The van der Waals surface area contributed by atoms with Gasteiger partial charge in [0.1, 0.15) is 12.4 Å². The predicted molar refractivity (Wildman–Crippen MR) is 170 cm³/mol. The summed E-state index contributed by atoms with van der Waals surface area (Å²) < 4.78 is 24.9. The predicted octanol–water partition coefficient (Wildman–Crippen LogP) is 5.03. The third-order valence-corrected chi connectivity index (χ3v) is 8.69. The number of allylic oxidation sites excluding steroid dienone is 1. The number of halogens is 1. The Bertz CT molecular complexity index is 1990. The molecule has 1 aliphatic heterocycles. The maximum atomic E-state index is 14.0. The summed E-state index contributed by atoms with van der Waals surface area (Å²) in [6.45, 7) is 3.89. The van der Waals surface area contributed by atoms with Gasteiger partial charge in [-0.2, -0.15) is 5.26 Å². The van der Waals surface area contributed by atoms with Crippen LogP contribution in [0.15, 0.2) is 86.2 Å². The molecule has 0 bridgehead atoms. The van der Waals surface area contributed by atoms with E-state index in [4.69, 9.17) is 18.9 Å². The van der Waals surface area contributed by atoms with E-state index in [0.29, 0.717) is 47.9 Å². The maximum absolute atomic E-state index is 14.0. The maximum Gasteiger partial charge on any atom is 0.338 e. The Morgan fingerprint density at radius 1 is 1.11 bits per heavy atom. The van der Waals surface area contributed by atoms with Crippen LogP contribution in [0.25, 0.3) is 6.08 Å². The molecular formula is C33H28BrN3O6S. The number of carbonyl (C=O) groups excluding carboxylic acids is 1. The SMILES string of the molecule is CCOC(=O)C1=C(C)N=c2s/c(=C\c3ccc(OCc4ccccc4C#N)cc3)c(=O)n2[C@H]1c1cc(OC)c(OC)cc1Br. The van der Waals surface area contributed by atoms with Crippen molar-refractivity contribution < 1.29 is 23.7 Å². The summed E-state index contributed by atoms with van der Waals surface area (Å²) >= 11 is 4.85. The number of esters is 1. The first-order valence-electron chi connectivity index (χ1n) is 13.6. The van der Waals surface area contributed by atoms with Crippen molar-refractivity contribution >= 4 is 39.3 Å². The highest BCUT2D eigenvalue weighted by Gasteiger charge is 2.35. The molecular weight excluding hydrogens is 646 g/mol. The van der Waals surface area contributed by atoms with Crippen LogP contribution in [0, 0.1) is 11.3 Å². The van der Waals surface area contributed by atoms with Crippen LogP contribution in [-0.4, -0.2) is 31.4 Å². The second-order valence-corrected chi connectivity index (χ2v) is 11.5. The molecule has 0 spiro atoms. The van der Waals surface area contributed by atoms with Crippen LogP contribution in [0.5, 0.6) is 17.2 Å². The van der Waals surface area contributed by atoms with Gasteiger partial charge in [0.05, 0.1) is 54.3 Å². The zero-order valence-corrected chi connectivity index (χ0v) is 26.8. The number of aromatic nitrogens is 1. The van der Waals surface area contributed by atoms with Crippen molar-refractivity contribution in [2.45, 2.75) is 26.5 Å². The number of fused-ring (bicyclic) bond motifs is 1. The van der Waals surface area contributed by atoms with Crippen molar-refractivity contribution in [3.8, 4) is 23.3 Å². The van der Waals surface area contributed by atoms with Gasteiger partial charge in [-0.15, -0.1) is 0 Å². The van der Waals surface area contributed by atoms with Crippen LogP contribution >= 0.6 is 27.3 Å². The molecule has 2 heterocycles.